The number of thioether (sulfide) groups is 1. The molecule has 8 nitrogen and oxygen atoms in total. The van der Waals surface area contributed by atoms with Gasteiger partial charge in [0, 0.05) is 17.3 Å². The lowest BCUT2D eigenvalue weighted by Crippen LogP contribution is -2.19. The van der Waals surface area contributed by atoms with Crippen LogP contribution in [0.3, 0.4) is 0 Å². The van der Waals surface area contributed by atoms with Gasteiger partial charge in [0.25, 0.3) is 5.22 Å². The molecule has 1 atom stereocenters. The summed E-state index contributed by atoms with van der Waals surface area (Å²) in [5.41, 5.74) is 2.15. The maximum atomic E-state index is 13.2. The zero-order valence-corrected chi connectivity index (χ0v) is 18.4. The van der Waals surface area contributed by atoms with Gasteiger partial charge in [0.1, 0.15) is 11.0 Å². The molecule has 0 spiro atoms. The molecule has 1 aromatic heterocycles. The van der Waals surface area contributed by atoms with Crippen molar-refractivity contribution in [3.63, 3.8) is 0 Å². The van der Waals surface area contributed by atoms with Crippen molar-refractivity contribution < 1.29 is 23.4 Å². The summed E-state index contributed by atoms with van der Waals surface area (Å²) in [5.74, 6) is 2.06. The molecular formula is C24H19N3O5S. The standard InChI is InChI=1S/C24H19N3O5S/c1-29-18-9-5-8-17(13-18)25-22(28)21(15-6-3-2-4-7-15)33-24-27-26-23(32-24)16-10-11-19-20(12-16)31-14-30-19/h2-13,21H,14H2,1H3,(H,25,28)/t21-/m1/s1. The zero-order chi connectivity index (χ0) is 22.6. The largest absolute Gasteiger partial charge is 0.497 e. The highest BCUT2D eigenvalue weighted by Crippen LogP contribution is 2.39. The lowest BCUT2D eigenvalue weighted by atomic mass is 10.1. The van der Waals surface area contributed by atoms with Crippen LogP contribution >= 0.6 is 11.8 Å². The van der Waals surface area contributed by atoms with Crippen LogP contribution in [0, 0.1) is 0 Å². The summed E-state index contributed by atoms with van der Waals surface area (Å²) in [6.45, 7) is 0.185. The number of fused-ring (bicyclic) bond motifs is 1. The number of nitrogens with zero attached hydrogens (tertiary/aromatic N) is 2. The summed E-state index contributed by atoms with van der Waals surface area (Å²) < 4.78 is 21.9. The zero-order valence-electron chi connectivity index (χ0n) is 17.6. The normalized spacial score (nSPS) is 12.9. The first-order valence-corrected chi connectivity index (χ1v) is 11.0. The van der Waals surface area contributed by atoms with E-state index in [1.807, 2.05) is 48.5 Å². The molecule has 0 saturated heterocycles. The van der Waals surface area contributed by atoms with E-state index in [4.69, 9.17) is 18.6 Å². The van der Waals surface area contributed by atoms with Gasteiger partial charge in [-0.15, -0.1) is 10.2 Å². The highest BCUT2D eigenvalue weighted by atomic mass is 32.2. The van der Waals surface area contributed by atoms with E-state index < -0.39 is 5.25 Å². The fourth-order valence-corrected chi connectivity index (χ4v) is 4.19. The number of rotatable bonds is 7. The highest BCUT2D eigenvalue weighted by molar-refractivity contribution is 8.00. The molecule has 33 heavy (non-hydrogen) atoms. The molecule has 0 saturated carbocycles. The quantitative estimate of drug-likeness (QED) is 0.387. The first-order chi connectivity index (χ1) is 16.2. The van der Waals surface area contributed by atoms with Gasteiger partial charge < -0.3 is 23.9 Å². The Morgan fingerprint density at radius 2 is 1.85 bits per heavy atom. The van der Waals surface area contributed by atoms with Crippen LogP contribution in [0.25, 0.3) is 11.5 Å². The molecule has 3 aromatic carbocycles. The number of aromatic nitrogens is 2. The van der Waals surface area contributed by atoms with Gasteiger partial charge in [0.05, 0.1) is 7.11 Å². The third-order valence-electron chi connectivity index (χ3n) is 4.92. The molecule has 1 aliphatic heterocycles. The van der Waals surface area contributed by atoms with Crippen LogP contribution in [0.4, 0.5) is 5.69 Å². The Bertz CT molecular complexity index is 1280. The first kappa shape index (κ1) is 20.9. The van der Waals surface area contributed by atoms with Gasteiger partial charge in [-0.1, -0.05) is 36.4 Å². The van der Waals surface area contributed by atoms with Crippen LogP contribution in [0.15, 0.2) is 82.4 Å². The smallest absolute Gasteiger partial charge is 0.277 e. The predicted octanol–water partition coefficient (Wildman–Crippen LogP) is 4.95. The Hall–Kier alpha value is -3.98. The van der Waals surface area contributed by atoms with E-state index in [1.54, 1.807) is 31.4 Å². The lowest BCUT2D eigenvalue weighted by molar-refractivity contribution is -0.115. The summed E-state index contributed by atoms with van der Waals surface area (Å²) in [4.78, 5) is 13.2. The summed E-state index contributed by atoms with van der Waals surface area (Å²) in [5, 5.41) is 10.9. The molecular weight excluding hydrogens is 442 g/mol. The molecule has 0 aliphatic carbocycles. The first-order valence-electron chi connectivity index (χ1n) is 10.1. The van der Waals surface area contributed by atoms with E-state index in [-0.39, 0.29) is 17.9 Å². The number of methoxy groups -OCH3 is 1. The molecule has 0 bridgehead atoms. The van der Waals surface area contributed by atoms with Crippen molar-refractivity contribution in [3.05, 3.63) is 78.4 Å². The number of hydrogen-bond donors (Lipinski definition) is 1. The Kier molecular flexibility index (Phi) is 5.86. The van der Waals surface area contributed by atoms with Gasteiger partial charge in [-0.25, -0.2) is 0 Å². The number of anilines is 1. The summed E-state index contributed by atoms with van der Waals surface area (Å²) in [7, 11) is 1.58. The van der Waals surface area contributed by atoms with E-state index >= 15 is 0 Å². The van der Waals surface area contributed by atoms with Crippen molar-refractivity contribution in [1.29, 1.82) is 0 Å². The number of amides is 1. The Labute approximate surface area is 193 Å². The second-order valence-electron chi connectivity index (χ2n) is 7.07. The van der Waals surface area contributed by atoms with E-state index in [0.29, 0.717) is 34.4 Å². The van der Waals surface area contributed by atoms with Crippen molar-refractivity contribution in [3.8, 4) is 28.7 Å². The van der Waals surface area contributed by atoms with Crippen LogP contribution in [0.2, 0.25) is 0 Å². The van der Waals surface area contributed by atoms with E-state index in [0.717, 1.165) is 5.56 Å². The van der Waals surface area contributed by atoms with Crippen molar-refractivity contribution in [2.45, 2.75) is 10.5 Å². The summed E-state index contributed by atoms with van der Waals surface area (Å²) in [6.07, 6.45) is 0. The molecule has 0 radical (unpaired) electrons. The predicted molar refractivity (Wildman–Crippen MR) is 123 cm³/mol. The van der Waals surface area contributed by atoms with Gasteiger partial charge in [-0.05, 0) is 47.7 Å². The molecule has 2 heterocycles. The molecule has 4 aromatic rings. The fourth-order valence-electron chi connectivity index (χ4n) is 3.31. The molecule has 1 aliphatic rings. The van der Waals surface area contributed by atoms with Gasteiger partial charge >= 0.3 is 0 Å². The van der Waals surface area contributed by atoms with Gasteiger partial charge in [0.2, 0.25) is 18.6 Å². The maximum Gasteiger partial charge on any atom is 0.277 e. The molecule has 0 fully saturated rings. The van der Waals surface area contributed by atoms with Crippen LogP contribution in [0.1, 0.15) is 10.8 Å². The summed E-state index contributed by atoms with van der Waals surface area (Å²) in [6, 6.07) is 22.0. The van der Waals surface area contributed by atoms with Crippen LogP contribution in [-0.2, 0) is 4.79 Å². The second kappa shape index (κ2) is 9.25. The topological polar surface area (TPSA) is 95.7 Å². The Morgan fingerprint density at radius 3 is 2.70 bits per heavy atom. The monoisotopic (exact) mass is 461 g/mol. The third-order valence-corrected chi connectivity index (χ3v) is 6.01. The van der Waals surface area contributed by atoms with Crippen molar-refractivity contribution >= 4 is 23.4 Å². The number of carbonyl (C=O) groups is 1. The number of benzene rings is 3. The van der Waals surface area contributed by atoms with Gasteiger partial charge in [-0.3, -0.25) is 4.79 Å². The number of hydrogen-bond acceptors (Lipinski definition) is 8. The van der Waals surface area contributed by atoms with E-state index in [1.165, 1.54) is 11.8 Å². The Balaban J connectivity index is 1.38. The number of carbonyl (C=O) groups excluding carboxylic acids is 1. The molecule has 1 N–H and O–H groups in total. The fraction of sp³-hybridized carbons (Fsp3) is 0.125. The third kappa shape index (κ3) is 4.63. The average molecular weight is 461 g/mol. The van der Waals surface area contributed by atoms with E-state index in [2.05, 4.69) is 15.5 Å². The molecule has 0 unspecified atom stereocenters. The Morgan fingerprint density at radius 1 is 1.00 bits per heavy atom. The van der Waals surface area contributed by atoms with Crippen LogP contribution in [0.5, 0.6) is 17.2 Å². The van der Waals surface area contributed by atoms with E-state index in [9.17, 15) is 4.79 Å². The minimum Gasteiger partial charge on any atom is -0.497 e. The second-order valence-corrected chi connectivity index (χ2v) is 8.13. The molecule has 1 amide bonds. The van der Waals surface area contributed by atoms with Gasteiger partial charge in [-0.2, -0.15) is 0 Å². The number of nitrogens with one attached hydrogen (secondary N) is 1. The van der Waals surface area contributed by atoms with Gasteiger partial charge in [0.15, 0.2) is 11.5 Å². The lowest BCUT2D eigenvalue weighted by Gasteiger charge is -2.15. The van der Waals surface area contributed by atoms with Crippen molar-refractivity contribution in [1.82, 2.24) is 10.2 Å². The average Bonchev–Trinajstić information content (AvgIpc) is 3.52. The SMILES string of the molecule is COc1cccc(NC(=O)[C@H](Sc2nnc(-c3ccc4c(c3)OCO4)o2)c2ccccc2)c1. The number of ether oxygens (including phenoxy) is 3. The molecule has 9 heteroatoms. The van der Waals surface area contributed by atoms with Crippen LogP contribution in [-0.4, -0.2) is 30.0 Å². The maximum absolute atomic E-state index is 13.2. The minimum absolute atomic E-state index is 0.185. The molecule has 5 rings (SSSR count). The highest BCUT2D eigenvalue weighted by Gasteiger charge is 2.26. The van der Waals surface area contributed by atoms with Crippen molar-refractivity contribution in [2.24, 2.45) is 0 Å². The summed E-state index contributed by atoms with van der Waals surface area (Å²) >= 11 is 1.18. The van der Waals surface area contributed by atoms with Crippen LogP contribution < -0.4 is 19.5 Å². The molecule has 166 valence electrons. The van der Waals surface area contributed by atoms with Crippen molar-refractivity contribution in [2.75, 3.05) is 19.2 Å². The minimum atomic E-state index is -0.609.